The lowest BCUT2D eigenvalue weighted by molar-refractivity contribution is -0.697. The molecule has 0 aliphatic heterocycles. The van der Waals surface area contributed by atoms with Crippen LogP contribution in [0, 0.1) is 0 Å². The van der Waals surface area contributed by atoms with Gasteiger partial charge in [-0.2, -0.15) is 0 Å². The van der Waals surface area contributed by atoms with Crippen molar-refractivity contribution in [2.24, 2.45) is 5.16 Å². The molecule has 0 bridgehead atoms. The monoisotopic (exact) mass is 207 g/mol. The molecule has 0 aromatic carbocycles. The van der Waals surface area contributed by atoms with Gasteiger partial charge in [0.2, 0.25) is 0 Å². The minimum absolute atomic E-state index is 0.919. The third-order valence-corrected chi connectivity index (χ3v) is 2.39. The molecule has 1 rings (SSSR count). The summed E-state index contributed by atoms with van der Waals surface area (Å²) in [6.07, 6.45) is 10.6. The number of rotatable bonds is 6. The average Bonchev–Trinajstić information content (AvgIpc) is 2.27. The number of unbranched alkanes of at least 4 members (excludes halogenated alkanes) is 3. The van der Waals surface area contributed by atoms with Crippen LogP contribution in [0.25, 0.3) is 0 Å². The van der Waals surface area contributed by atoms with Crippen molar-refractivity contribution in [1.29, 1.82) is 0 Å². The topological polar surface area (TPSA) is 36.5 Å². The first kappa shape index (κ1) is 11.7. The van der Waals surface area contributed by atoms with Crippen LogP contribution in [0.2, 0.25) is 0 Å². The van der Waals surface area contributed by atoms with Gasteiger partial charge < -0.3 is 5.21 Å². The molecule has 82 valence electrons. The van der Waals surface area contributed by atoms with Gasteiger partial charge in [-0.25, -0.2) is 4.57 Å². The summed E-state index contributed by atoms with van der Waals surface area (Å²) in [6, 6.07) is 3.89. The molecule has 1 heterocycles. The Hall–Kier alpha value is -1.38. The highest BCUT2D eigenvalue weighted by atomic mass is 16.4. The Balaban J connectivity index is 2.36. The lowest BCUT2D eigenvalue weighted by Gasteiger charge is -1.97. The summed E-state index contributed by atoms with van der Waals surface area (Å²) < 4.78 is 2.16. The first-order chi connectivity index (χ1) is 7.36. The van der Waals surface area contributed by atoms with E-state index in [4.69, 9.17) is 5.21 Å². The van der Waals surface area contributed by atoms with Crippen molar-refractivity contribution in [3.05, 3.63) is 30.1 Å². The molecule has 0 saturated heterocycles. The van der Waals surface area contributed by atoms with E-state index in [1.165, 1.54) is 31.9 Å². The zero-order valence-electron chi connectivity index (χ0n) is 9.26. The molecule has 0 aliphatic carbocycles. The molecule has 0 aliphatic rings. The van der Waals surface area contributed by atoms with Gasteiger partial charge >= 0.3 is 0 Å². The van der Waals surface area contributed by atoms with E-state index < -0.39 is 0 Å². The molecule has 0 radical (unpaired) electrons. The fourth-order valence-corrected chi connectivity index (χ4v) is 1.49. The van der Waals surface area contributed by atoms with E-state index >= 15 is 0 Å². The molecular weight excluding hydrogens is 188 g/mol. The predicted molar refractivity (Wildman–Crippen MR) is 60.2 cm³/mol. The fourth-order valence-electron chi connectivity index (χ4n) is 1.49. The normalized spacial score (nSPS) is 11.0. The van der Waals surface area contributed by atoms with E-state index in [-0.39, 0.29) is 0 Å². The molecule has 0 amide bonds. The predicted octanol–water partition coefficient (Wildman–Crippen LogP) is 2.36. The maximum atomic E-state index is 8.35. The van der Waals surface area contributed by atoms with Crippen molar-refractivity contribution in [1.82, 2.24) is 0 Å². The highest BCUT2D eigenvalue weighted by Gasteiger charge is 1.99. The molecule has 0 spiro atoms. The van der Waals surface area contributed by atoms with Crippen LogP contribution in [0.4, 0.5) is 0 Å². The molecule has 1 aromatic rings. The maximum Gasteiger partial charge on any atom is 0.169 e. The van der Waals surface area contributed by atoms with E-state index in [1.807, 2.05) is 24.5 Å². The Morgan fingerprint density at radius 2 is 2.00 bits per heavy atom. The van der Waals surface area contributed by atoms with Crippen molar-refractivity contribution in [3.8, 4) is 0 Å². The summed E-state index contributed by atoms with van der Waals surface area (Å²) in [5.74, 6) is 0. The van der Waals surface area contributed by atoms with Crippen LogP contribution in [0.1, 0.15) is 38.2 Å². The molecule has 15 heavy (non-hydrogen) atoms. The summed E-state index contributed by atoms with van der Waals surface area (Å²) in [6.45, 7) is 3.28. The van der Waals surface area contributed by atoms with Crippen LogP contribution in [0.15, 0.2) is 29.7 Å². The van der Waals surface area contributed by atoms with Gasteiger partial charge in [0.1, 0.15) is 6.54 Å². The first-order valence-corrected chi connectivity index (χ1v) is 5.53. The quantitative estimate of drug-likeness (QED) is 0.251. The molecular formula is C12H19N2O+. The standard InChI is InChI=1S/C12H18N2O/c1-2-3-4-5-8-14-9-6-12(7-10-14)11-13-15/h6-7,9-11H,2-5,8H2,1H3/p+1. The number of aryl methyl sites for hydroxylation is 1. The van der Waals surface area contributed by atoms with E-state index in [0.29, 0.717) is 0 Å². The molecule has 3 heteroatoms. The van der Waals surface area contributed by atoms with Crippen molar-refractivity contribution < 1.29 is 9.77 Å². The number of aromatic nitrogens is 1. The third-order valence-electron chi connectivity index (χ3n) is 2.39. The molecule has 0 saturated carbocycles. The summed E-state index contributed by atoms with van der Waals surface area (Å²) in [5.41, 5.74) is 0.919. The Bertz CT molecular complexity index is 293. The van der Waals surface area contributed by atoms with Gasteiger partial charge in [0.05, 0.1) is 6.21 Å². The van der Waals surface area contributed by atoms with Crippen molar-refractivity contribution >= 4 is 6.21 Å². The molecule has 1 N–H and O–H groups in total. The molecule has 0 unspecified atom stereocenters. The molecule has 1 aromatic heterocycles. The number of hydrogen-bond donors (Lipinski definition) is 1. The van der Waals surface area contributed by atoms with E-state index in [0.717, 1.165) is 12.1 Å². The van der Waals surface area contributed by atoms with Crippen molar-refractivity contribution in [2.75, 3.05) is 0 Å². The lowest BCUT2D eigenvalue weighted by Crippen LogP contribution is -2.32. The Morgan fingerprint density at radius 1 is 1.27 bits per heavy atom. The van der Waals surface area contributed by atoms with E-state index in [1.54, 1.807) is 0 Å². The van der Waals surface area contributed by atoms with Crippen LogP contribution < -0.4 is 4.57 Å². The molecule has 3 nitrogen and oxygen atoms in total. The summed E-state index contributed by atoms with van der Waals surface area (Å²) in [4.78, 5) is 0. The van der Waals surface area contributed by atoms with Gasteiger partial charge in [-0.3, -0.25) is 0 Å². The third kappa shape index (κ3) is 4.58. The fraction of sp³-hybridized carbons (Fsp3) is 0.500. The summed E-state index contributed by atoms with van der Waals surface area (Å²) in [5, 5.41) is 11.3. The number of hydrogen-bond acceptors (Lipinski definition) is 2. The molecule has 0 atom stereocenters. The van der Waals surface area contributed by atoms with Crippen LogP contribution in [0.3, 0.4) is 0 Å². The SMILES string of the molecule is CCCCCC[n+]1ccc(/C=N/O)cc1. The van der Waals surface area contributed by atoms with Gasteiger partial charge in [-0.15, -0.1) is 0 Å². The van der Waals surface area contributed by atoms with Gasteiger partial charge in [0.15, 0.2) is 12.4 Å². The van der Waals surface area contributed by atoms with E-state index in [9.17, 15) is 0 Å². The Morgan fingerprint density at radius 3 is 2.60 bits per heavy atom. The van der Waals surface area contributed by atoms with Gasteiger partial charge in [0, 0.05) is 24.1 Å². The number of nitrogens with zero attached hydrogens (tertiary/aromatic N) is 2. The van der Waals surface area contributed by atoms with Gasteiger partial charge in [-0.05, 0) is 6.42 Å². The van der Waals surface area contributed by atoms with Gasteiger partial charge in [0.25, 0.3) is 0 Å². The smallest absolute Gasteiger partial charge is 0.169 e. The van der Waals surface area contributed by atoms with Gasteiger partial charge in [-0.1, -0.05) is 24.9 Å². The van der Waals surface area contributed by atoms with Crippen LogP contribution in [0.5, 0.6) is 0 Å². The Kier molecular flexibility index (Phi) is 5.44. The zero-order valence-corrected chi connectivity index (χ0v) is 9.26. The van der Waals surface area contributed by atoms with Crippen molar-refractivity contribution in [2.45, 2.75) is 39.2 Å². The minimum Gasteiger partial charge on any atom is -0.411 e. The Labute approximate surface area is 91.1 Å². The summed E-state index contributed by atoms with van der Waals surface area (Å²) in [7, 11) is 0. The number of pyridine rings is 1. The molecule has 0 fully saturated rings. The van der Waals surface area contributed by atoms with Crippen molar-refractivity contribution in [3.63, 3.8) is 0 Å². The second-order valence-electron chi connectivity index (χ2n) is 3.67. The highest BCUT2D eigenvalue weighted by molar-refractivity contribution is 5.78. The average molecular weight is 207 g/mol. The minimum atomic E-state index is 0.919. The first-order valence-electron chi connectivity index (χ1n) is 5.53. The highest BCUT2D eigenvalue weighted by Crippen LogP contribution is 1.98. The lowest BCUT2D eigenvalue weighted by atomic mass is 10.2. The van der Waals surface area contributed by atoms with Crippen LogP contribution >= 0.6 is 0 Å². The van der Waals surface area contributed by atoms with Crippen LogP contribution in [-0.4, -0.2) is 11.4 Å². The maximum absolute atomic E-state index is 8.35. The largest absolute Gasteiger partial charge is 0.411 e. The second kappa shape index (κ2) is 6.98. The van der Waals surface area contributed by atoms with Crippen LogP contribution in [-0.2, 0) is 6.54 Å². The van der Waals surface area contributed by atoms with E-state index in [2.05, 4.69) is 16.6 Å². The zero-order chi connectivity index (χ0) is 10.9. The second-order valence-corrected chi connectivity index (χ2v) is 3.67. The number of oxime groups is 1. The summed E-state index contributed by atoms with van der Waals surface area (Å²) >= 11 is 0.